The van der Waals surface area contributed by atoms with Crippen LogP contribution < -0.4 is 52.7 Å². The molecule has 0 saturated heterocycles. The number of unbranched alkanes of at least 4 members (excludes halogenated alkanes) is 1. The number of aromatic nitrogens is 2. The third-order valence-electron chi connectivity index (χ3n) is 11.0. The van der Waals surface area contributed by atoms with Crippen molar-refractivity contribution in [3.8, 4) is 45.8 Å². The molecule has 1 aliphatic rings. The first-order valence-electron chi connectivity index (χ1n) is 22.3. The van der Waals surface area contributed by atoms with Gasteiger partial charge in [0.1, 0.15) is 61.2 Å². The van der Waals surface area contributed by atoms with Gasteiger partial charge in [-0.1, -0.05) is 25.5 Å². The minimum absolute atomic E-state index is 0.00102. The van der Waals surface area contributed by atoms with Gasteiger partial charge in [-0.2, -0.15) is 5.26 Å². The highest BCUT2D eigenvalue weighted by Crippen LogP contribution is 2.40. The highest BCUT2D eigenvalue weighted by Gasteiger charge is 2.36. The maximum absolute atomic E-state index is 14.7. The monoisotopic (exact) mass is 919 g/mol. The molecule has 0 radical (unpaired) electrons. The molecule has 2 heterocycles. The lowest BCUT2D eigenvalue weighted by Crippen LogP contribution is -2.56. The summed E-state index contributed by atoms with van der Waals surface area (Å²) in [7, 11) is 1.41. The minimum atomic E-state index is -1.41. The van der Waals surface area contributed by atoms with Crippen molar-refractivity contribution in [3.63, 3.8) is 0 Å². The van der Waals surface area contributed by atoms with Crippen LogP contribution in [0.3, 0.4) is 0 Å². The number of carbonyl (C=O) groups is 5. The van der Waals surface area contributed by atoms with Crippen LogP contribution in [0, 0.1) is 25.2 Å². The molecule has 67 heavy (non-hydrogen) atoms. The zero-order chi connectivity index (χ0) is 48.6. The molecule has 356 valence electrons. The molecule has 4 aromatic rings. The molecule has 0 aliphatic carbocycles. The van der Waals surface area contributed by atoms with Gasteiger partial charge in [-0.15, -0.1) is 0 Å². The van der Waals surface area contributed by atoms with Crippen molar-refractivity contribution in [1.29, 1.82) is 5.26 Å². The van der Waals surface area contributed by atoms with Crippen LogP contribution in [-0.2, 0) is 25.6 Å². The number of ether oxygens (including phenoxy) is 3. The third kappa shape index (κ3) is 13.0. The fraction of sp³-hybridized carbons (Fsp3) is 0.417. The molecule has 1 aliphatic heterocycles. The van der Waals surface area contributed by atoms with E-state index in [9.17, 15) is 24.0 Å². The van der Waals surface area contributed by atoms with Gasteiger partial charge in [0.05, 0.1) is 23.9 Å². The number of benzene rings is 3. The Balaban J connectivity index is 1.53. The fourth-order valence-electron chi connectivity index (χ4n) is 7.50. The van der Waals surface area contributed by atoms with E-state index < -0.39 is 53.7 Å². The molecule has 0 fully saturated rings. The second-order valence-corrected chi connectivity index (χ2v) is 16.1. The largest absolute Gasteiger partial charge is 0.494 e. The zero-order valence-corrected chi connectivity index (χ0v) is 38.6. The third-order valence-corrected chi connectivity index (χ3v) is 11.0. The van der Waals surface area contributed by atoms with Crippen LogP contribution >= 0.6 is 0 Å². The van der Waals surface area contributed by atoms with Crippen molar-refractivity contribution in [2.24, 2.45) is 17.2 Å². The molecule has 19 nitrogen and oxygen atoms in total. The van der Waals surface area contributed by atoms with E-state index in [1.807, 2.05) is 31.2 Å². The first-order chi connectivity index (χ1) is 32.2. The van der Waals surface area contributed by atoms with Gasteiger partial charge in [0, 0.05) is 49.4 Å². The number of amides is 5. The molecule has 19 heteroatoms. The van der Waals surface area contributed by atoms with Gasteiger partial charge >= 0.3 is 0 Å². The highest BCUT2D eigenvalue weighted by atomic mass is 16.5. The number of hydrogen-bond acceptors (Lipinski definition) is 14. The average Bonchev–Trinajstić information content (AvgIpc) is 3.31. The molecule has 0 saturated carbocycles. The second kappa shape index (κ2) is 24.4. The maximum atomic E-state index is 14.7. The smallest absolute Gasteiger partial charge is 0.255 e. The molecular formula is C48H61N11O8. The Morgan fingerprint density at radius 2 is 1.60 bits per heavy atom. The standard InChI is InChI=1S/C48H61N11O8/c1-6-7-20-65-33-10-11-34(28(2)23-33)43-54-27-37(29(3)55-43)45(61)57-38(14-15-49)48(64)59(5)42-32-9-13-41(67-22-18-52)36(26-32)35-24-31(8-12-40(35)66-21-17-51)25-39(46(62)53-19-16-50)58-44(60)30(4)56-47(42)63/h8-13,23-24,26-27,30,38-39,42H,6-7,14-15,17-22,25,49,51-52H2,1-5H3,(H,53,62)(H,56,63)(H,57,61)(H,58,60)/t30-,38?,39-,42-/m0/s1. The Hall–Kier alpha value is -7.14. The first-order valence-corrected chi connectivity index (χ1v) is 22.3. The van der Waals surface area contributed by atoms with Crippen LogP contribution in [-0.4, -0.2) is 116 Å². The molecule has 1 unspecified atom stereocenters. The lowest BCUT2D eigenvalue weighted by Gasteiger charge is -2.32. The summed E-state index contributed by atoms with van der Waals surface area (Å²) in [6.07, 6.45) is 3.35. The summed E-state index contributed by atoms with van der Waals surface area (Å²) >= 11 is 0. The summed E-state index contributed by atoms with van der Waals surface area (Å²) in [5.74, 6) is -1.48. The van der Waals surface area contributed by atoms with E-state index in [0.29, 0.717) is 51.9 Å². The van der Waals surface area contributed by atoms with Crippen molar-refractivity contribution in [2.45, 2.75) is 77.5 Å². The van der Waals surface area contributed by atoms with E-state index in [0.717, 1.165) is 29.7 Å². The Morgan fingerprint density at radius 3 is 2.24 bits per heavy atom. The number of fused-ring (bicyclic) bond motifs is 5. The molecular weight excluding hydrogens is 859 g/mol. The van der Waals surface area contributed by atoms with Gasteiger partial charge < -0.3 is 57.6 Å². The fourth-order valence-corrected chi connectivity index (χ4v) is 7.50. The summed E-state index contributed by atoms with van der Waals surface area (Å²) in [4.78, 5) is 80.6. The van der Waals surface area contributed by atoms with E-state index in [2.05, 4.69) is 38.2 Å². The van der Waals surface area contributed by atoms with Crippen LogP contribution in [0.25, 0.3) is 22.5 Å². The Kier molecular flexibility index (Phi) is 18.5. The predicted molar refractivity (Wildman–Crippen MR) is 251 cm³/mol. The number of carbonyl (C=O) groups excluding carboxylic acids is 5. The normalized spacial score (nSPS) is 16.3. The Bertz CT molecular complexity index is 2460. The quantitative estimate of drug-likeness (QED) is 0.0524. The number of nitrogens with zero attached hydrogens (tertiary/aromatic N) is 4. The van der Waals surface area contributed by atoms with Crippen LogP contribution in [0.1, 0.15) is 71.9 Å². The molecule has 1 aromatic heterocycles. The number of rotatable bonds is 19. The van der Waals surface area contributed by atoms with E-state index in [1.165, 1.54) is 25.1 Å². The van der Waals surface area contributed by atoms with Crippen LogP contribution in [0.15, 0.2) is 60.8 Å². The Morgan fingerprint density at radius 1 is 0.896 bits per heavy atom. The minimum Gasteiger partial charge on any atom is -0.494 e. The van der Waals surface area contributed by atoms with Crippen molar-refractivity contribution < 1.29 is 38.2 Å². The van der Waals surface area contributed by atoms with Crippen molar-refractivity contribution in [2.75, 3.05) is 53.0 Å². The number of nitrogens with two attached hydrogens (primary N) is 3. The lowest BCUT2D eigenvalue weighted by atomic mass is 9.93. The van der Waals surface area contributed by atoms with Gasteiger partial charge in [-0.25, -0.2) is 9.97 Å². The van der Waals surface area contributed by atoms with E-state index in [4.69, 9.17) is 36.7 Å². The molecule has 5 amide bonds. The van der Waals surface area contributed by atoms with Gasteiger partial charge in [0.15, 0.2) is 5.82 Å². The SMILES string of the molecule is CCCCOc1ccc(-c2ncc(C(=O)NC(CCN)C(=O)N(C)[C@@H]3C(=O)N[C@@H](C)C(=O)N[C@H](C(=O)NCC#N)Cc4ccc(OCCN)c(c4)-c4cc3ccc4OCCN)c(C)n2)c(C)c1. The molecule has 5 rings (SSSR count). The molecule has 0 spiro atoms. The lowest BCUT2D eigenvalue weighted by molar-refractivity contribution is -0.141. The average molecular weight is 920 g/mol. The van der Waals surface area contributed by atoms with Crippen molar-refractivity contribution in [1.82, 2.24) is 36.1 Å². The van der Waals surface area contributed by atoms with E-state index >= 15 is 0 Å². The predicted octanol–water partition coefficient (Wildman–Crippen LogP) is 2.11. The van der Waals surface area contributed by atoms with Crippen LogP contribution in [0.5, 0.6) is 17.2 Å². The van der Waals surface area contributed by atoms with Gasteiger partial charge in [-0.05, 0) is 99.3 Å². The summed E-state index contributed by atoms with van der Waals surface area (Å²) in [6.45, 7) is 8.08. The topological polar surface area (TPSA) is 292 Å². The number of nitrogens with one attached hydrogen (secondary N) is 4. The van der Waals surface area contributed by atoms with E-state index in [1.54, 1.807) is 43.3 Å². The maximum Gasteiger partial charge on any atom is 0.255 e. The second-order valence-electron chi connectivity index (χ2n) is 16.1. The number of nitriles is 1. The molecule has 4 atom stereocenters. The van der Waals surface area contributed by atoms with Crippen LogP contribution in [0.4, 0.5) is 0 Å². The molecule has 10 N–H and O–H groups in total. The zero-order valence-electron chi connectivity index (χ0n) is 38.6. The summed E-state index contributed by atoms with van der Waals surface area (Å²) in [5.41, 5.74) is 21.7. The van der Waals surface area contributed by atoms with Gasteiger partial charge in [0.2, 0.25) is 23.6 Å². The highest BCUT2D eigenvalue weighted by molar-refractivity contribution is 6.00. The summed E-state index contributed by atoms with van der Waals surface area (Å²) in [5, 5.41) is 19.9. The first kappa shape index (κ1) is 50.9. The van der Waals surface area contributed by atoms with Crippen LogP contribution in [0.2, 0.25) is 0 Å². The number of aryl methyl sites for hydroxylation is 2. The number of likely N-dealkylation sites (N-methyl/N-ethyl adjacent to an activating group) is 1. The summed E-state index contributed by atoms with van der Waals surface area (Å²) < 4.78 is 18.0. The Labute approximate surface area is 390 Å². The number of hydrogen-bond donors (Lipinski definition) is 7. The molecule has 3 aromatic carbocycles. The van der Waals surface area contributed by atoms with Crippen molar-refractivity contribution in [3.05, 3.63) is 88.7 Å². The van der Waals surface area contributed by atoms with Gasteiger partial charge in [0.25, 0.3) is 5.91 Å². The van der Waals surface area contributed by atoms with Gasteiger partial charge in [-0.3, -0.25) is 24.0 Å². The van der Waals surface area contributed by atoms with Crippen molar-refractivity contribution >= 4 is 29.5 Å². The molecule has 4 bridgehead atoms. The summed E-state index contributed by atoms with van der Waals surface area (Å²) in [6, 6.07) is 12.6. The van der Waals surface area contributed by atoms with E-state index in [-0.39, 0.29) is 57.8 Å².